The molecular formula is C15H21N5O2S. The topological polar surface area (TPSA) is 74.8 Å². The fourth-order valence-electron chi connectivity index (χ4n) is 2.91. The van der Waals surface area contributed by atoms with E-state index in [-0.39, 0.29) is 11.9 Å². The Morgan fingerprint density at radius 2 is 2.30 bits per heavy atom. The summed E-state index contributed by atoms with van der Waals surface area (Å²) in [6.45, 7) is 5.71. The van der Waals surface area contributed by atoms with Crippen molar-refractivity contribution in [2.24, 2.45) is 7.05 Å². The van der Waals surface area contributed by atoms with Crippen molar-refractivity contribution in [2.45, 2.75) is 44.5 Å². The van der Waals surface area contributed by atoms with E-state index in [1.165, 1.54) is 11.8 Å². The van der Waals surface area contributed by atoms with Crippen LogP contribution in [0.4, 0.5) is 0 Å². The second kappa shape index (κ2) is 6.84. The Morgan fingerprint density at radius 1 is 1.48 bits per heavy atom. The maximum Gasteiger partial charge on any atom is 0.209 e. The Labute approximate surface area is 139 Å². The third-order valence-corrected chi connectivity index (χ3v) is 5.21. The fourth-order valence-corrected chi connectivity index (χ4v) is 3.64. The zero-order valence-corrected chi connectivity index (χ0v) is 14.5. The predicted molar refractivity (Wildman–Crippen MR) is 86.7 cm³/mol. The van der Waals surface area contributed by atoms with Gasteiger partial charge in [-0.2, -0.15) is 0 Å². The molecule has 0 spiro atoms. The molecule has 0 amide bonds. The summed E-state index contributed by atoms with van der Waals surface area (Å²) in [5.41, 5.74) is 2.90. The first-order chi connectivity index (χ1) is 11.1. The maximum atomic E-state index is 12.5. The third-order valence-electron chi connectivity index (χ3n) is 4.20. The number of rotatable bonds is 6. The summed E-state index contributed by atoms with van der Waals surface area (Å²) >= 11 is 1.36. The number of hydrogen-bond donors (Lipinski definition) is 0. The van der Waals surface area contributed by atoms with Crippen molar-refractivity contribution in [2.75, 3.05) is 12.4 Å². The van der Waals surface area contributed by atoms with Crippen LogP contribution in [0.2, 0.25) is 0 Å². The van der Waals surface area contributed by atoms with Gasteiger partial charge in [0.25, 0.3) is 0 Å². The molecule has 1 fully saturated rings. The number of aryl methyl sites for hydroxylation is 2. The van der Waals surface area contributed by atoms with E-state index in [1.807, 2.05) is 19.9 Å². The molecule has 8 heteroatoms. The van der Waals surface area contributed by atoms with Gasteiger partial charge in [0.15, 0.2) is 5.78 Å². The van der Waals surface area contributed by atoms with Crippen LogP contribution in [0, 0.1) is 13.8 Å². The van der Waals surface area contributed by atoms with Crippen molar-refractivity contribution in [3.05, 3.63) is 23.0 Å². The van der Waals surface area contributed by atoms with Crippen LogP contribution in [0.25, 0.3) is 0 Å². The summed E-state index contributed by atoms with van der Waals surface area (Å²) < 4.78 is 9.47. The Hall–Kier alpha value is -1.67. The summed E-state index contributed by atoms with van der Waals surface area (Å²) in [5.74, 6) is 0.433. The second-order valence-electron chi connectivity index (χ2n) is 5.83. The fraction of sp³-hybridized carbons (Fsp3) is 0.600. The molecule has 23 heavy (non-hydrogen) atoms. The van der Waals surface area contributed by atoms with Crippen molar-refractivity contribution >= 4 is 17.5 Å². The minimum atomic E-state index is 0.102. The zero-order valence-electron chi connectivity index (χ0n) is 13.7. The van der Waals surface area contributed by atoms with E-state index in [9.17, 15) is 4.79 Å². The molecule has 0 N–H and O–H groups in total. The molecule has 0 aromatic carbocycles. The van der Waals surface area contributed by atoms with Crippen LogP contribution in [0.3, 0.4) is 0 Å². The van der Waals surface area contributed by atoms with Gasteiger partial charge in [-0.3, -0.25) is 4.79 Å². The van der Waals surface area contributed by atoms with Gasteiger partial charge < -0.3 is 9.30 Å². The summed E-state index contributed by atoms with van der Waals surface area (Å²) in [4.78, 5) is 12.5. The predicted octanol–water partition coefficient (Wildman–Crippen LogP) is 1.78. The number of hydrogen-bond acceptors (Lipinski definition) is 6. The van der Waals surface area contributed by atoms with E-state index >= 15 is 0 Å². The number of Topliss-reactive ketones (excluding diaryl/α,β-unsaturated/α-hetero) is 1. The quantitative estimate of drug-likeness (QED) is 0.592. The summed E-state index contributed by atoms with van der Waals surface area (Å²) in [6.07, 6.45) is 2.48. The van der Waals surface area contributed by atoms with Crippen LogP contribution in [0.15, 0.2) is 11.2 Å². The van der Waals surface area contributed by atoms with Gasteiger partial charge >= 0.3 is 0 Å². The lowest BCUT2D eigenvalue weighted by atomic mass is 10.2. The van der Waals surface area contributed by atoms with E-state index < -0.39 is 0 Å². The van der Waals surface area contributed by atoms with E-state index in [4.69, 9.17) is 4.74 Å². The van der Waals surface area contributed by atoms with Crippen LogP contribution < -0.4 is 0 Å². The molecule has 1 aliphatic rings. The van der Waals surface area contributed by atoms with Gasteiger partial charge in [0.05, 0.1) is 11.9 Å². The van der Waals surface area contributed by atoms with Crippen molar-refractivity contribution in [3.63, 3.8) is 0 Å². The van der Waals surface area contributed by atoms with Gasteiger partial charge in [-0.1, -0.05) is 11.8 Å². The van der Waals surface area contributed by atoms with Gasteiger partial charge in [0.1, 0.15) is 0 Å². The van der Waals surface area contributed by atoms with Crippen molar-refractivity contribution in [1.82, 2.24) is 24.8 Å². The lowest BCUT2D eigenvalue weighted by molar-refractivity contribution is 0.0957. The molecule has 2 aromatic heterocycles. The molecule has 0 saturated carbocycles. The van der Waals surface area contributed by atoms with Gasteiger partial charge in [-0.05, 0) is 43.2 Å². The van der Waals surface area contributed by atoms with E-state index in [0.29, 0.717) is 10.9 Å². The first-order valence-electron chi connectivity index (χ1n) is 7.73. The van der Waals surface area contributed by atoms with Crippen LogP contribution in [0.1, 0.15) is 34.6 Å². The highest BCUT2D eigenvalue weighted by molar-refractivity contribution is 7.99. The minimum absolute atomic E-state index is 0.102. The molecule has 0 radical (unpaired) electrons. The number of nitrogens with zero attached hydrogens (tertiary/aromatic N) is 5. The molecule has 7 nitrogen and oxygen atoms in total. The first kappa shape index (κ1) is 16.2. The van der Waals surface area contributed by atoms with Crippen molar-refractivity contribution in [3.8, 4) is 0 Å². The molecule has 2 aromatic rings. The van der Waals surface area contributed by atoms with Gasteiger partial charge in [0, 0.05) is 37.2 Å². The smallest absolute Gasteiger partial charge is 0.209 e. The Morgan fingerprint density at radius 3 is 2.96 bits per heavy atom. The zero-order chi connectivity index (χ0) is 16.4. The van der Waals surface area contributed by atoms with Crippen LogP contribution in [0.5, 0.6) is 0 Å². The van der Waals surface area contributed by atoms with Gasteiger partial charge in [-0.15, -0.1) is 5.10 Å². The highest BCUT2D eigenvalue weighted by Crippen LogP contribution is 2.22. The van der Waals surface area contributed by atoms with E-state index in [1.54, 1.807) is 11.7 Å². The monoisotopic (exact) mass is 335 g/mol. The summed E-state index contributed by atoms with van der Waals surface area (Å²) in [5, 5.41) is 11.9. The first-order valence-corrected chi connectivity index (χ1v) is 8.71. The molecule has 1 atom stereocenters. The van der Waals surface area contributed by atoms with Gasteiger partial charge in [0.2, 0.25) is 5.16 Å². The average molecular weight is 335 g/mol. The third kappa shape index (κ3) is 3.48. The Bertz CT molecular complexity index is 703. The number of ether oxygens (including phenoxy) is 1. The van der Waals surface area contributed by atoms with E-state index in [2.05, 4.69) is 20.1 Å². The molecule has 0 unspecified atom stereocenters. The highest BCUT2D eigenvalue weighted by Gasteiger charge is 2.21. The Balaban J connectivity index is 1.69. The lowest BCUT2D eigenvalue weighted by Crippen LogP contribution is -2.17. The second-order valence-corrected chi connectivity index (χ2v) is 6.77. The normalized spacial score (nSPS) is 17.8. The molecule has 0 aliphatic carbocycles. The lowest BCUT2D eigenvalue weighted by Gasteiger charge is -2.14. The standard InChI is InChI=1S/C15H21N5O2S/c1-10-7-13(11(2)20(10)8-12-5-4-6-22-12)14(21)9-23-15-16-17-18-19(15)3/h7,12H,4-6,8-9H2,1-3H3/t12-/m0/s1. The number of carbonyl (C=O) groups excluding carboxylic acids is 1. The van der Waals surface area contributed by atoms with Gasteiger partial charge in [-0.25, -0.2) is 4.68 Å². The molecular weight excluding hydrogens is 314 g/mol. The van der Waals surface area contributed by atoms with Crippen LogP contribution in [-0.2, 0) is 18.3 Å². The number of thioether (sulfide) groups is 1. The molecule has 3 heterocycles. The summed E-state index contributed by atoms with van der Waals surface area (Å²) in [6, 6.07) is 1.97. The number of aromatic nitrogens is 5. The number of tetrazole rings is 1. The van der Waals surface area contributed by atoms with E-state index in [0.717, 1.165) is 42.9 Å². The van der Waals surface area contributed by atoms with Crippen molar-refractivity contribution < 1.29 is 9.53 Å². The Kier molecular flexibility index (Phi) is 4.82. The SMILES string of the molecule is Cc1cc(C(=O)CSc2nnnn2C)c(C)n1C[C@@H]1CCCO1. The average Bonchev–Trinajstić information content (AvgIpc) is 3.23. The summed E-state index contributed by atoms with van der Waals surface area (Å²) in [7, 11) is 1.76. The molecule has 1 aliphatic heterocycles. The molecule has 0 bridgehead atoms. The molecule has 3 rings (SSSR count). The number of carbonyl (C=O) groups is 1. The largest absolute Gasteiger partial charge is 0.376 e. The molecule has 1 saturated heterocycles. The van der Waals surface area contributed by atoms with Crippen LogP contribution >= 0.6 is 11.8 Å². The maximum absolute atomic E-state index is 12.5. The molecule has 124 valence electrons. The van der Waals surface area contributed by atoms with Crippen molar-refractivity contribution in [1.29, 1.82) is 0 Å². The van der Waals surface area contributed by atoms with Crippen LogP contribution in [-0.4, -0.2) is 49.0 Å². The number of ketones is 1. The minimum Gasteiger partial charge on any atom is -0.376 e. The highest BCUT2D eigenvalue weighted by atomic mass is 32.2.